The molecule has 10 heavy (non-hydrogen) atoms. The molecule has 0 saturated carbocycles. The van der Waals surface area contributed by atoms with E-state index < -0.39 is 0 Å². The molecule has 0 atom stereocenters. The highest BCUT2D eigenvalue weighted by atomic mass is 16.2. The number of amides is 1. The predicted octanol–water partition coefficient (Wildman–Crippen LogP) is -0.172. The van der Waals surface area contributed by atoms with Gasteiger partial charge in [-0.1, -0.05) is 6.92 Å². The fourth-order valence-electron chi connectivity index (χ4n) is 1.14. The minimum Gasteiger partial charge on any atom is -0.355 e. The molecule has 1 aliphatic rings. The molecular formula is C7H14N2O. The number of carbonyl (C=O) groups is 1. The molecule has 1 N–H and O–H groups in total. The van der Waals surface area contributed by atoms with Crippen molar-refractivity contribution < 1.29 is 4.79 Å². The van der Waals surface area contributed by atoms with Crippen molar-refractivity contribution >= 4 is 5.91 Å². The fraction of sp³-hybridized carbons (Fsp3) is 0.857. The van der Waals surface area contributed by atoms with Crippen molar-refractivity contribution in [1.29, 1.82) is 0 Å². The Bertz CT molecular complexity index is 125. The molecule has 3 nitrogen and oxygen atoms in total. The summed E-state index contributed by atoms with van der Waals surface area (Å²) in [7, 11) is 0. The topological polar surface area (TPSA) is 32.3 Å². The first-order valence-corrected chi connectivity index (χ1v) is 3.82. The Kier molecular flexibility index (Phi) is 2.68. The van der Waals surface area contributed by atoms with E-state index in [1.807, 2.05) is 0 Å². The lowest BCUT2D eigenvalue weighted by Gasteiger charge is -2.14. The Morgan fingerprint density at radius 3 is 3.20 bits per heavy atom. The van der Waals surface area contributed by atoms with Gasteiger partial charge in [0.15, 0.2) is 0 Å². The summed E-state index contributed by atoms with van der Waals surface area (Å²) in [5, 5.41) is 2.83. The van der Waals surface area contributed by atoms with Gasteiger partial charge in [0.1, 0.15) is 0 Å². The van der Waals surface area contributed by atoms with Crippen molar-refractivity contribution in [1.82, 2.24) is 10.2 Å². The summed E-state index contributed by atoms with van der Waals surface area (Å²) in [6.07, 6.45) is 1.08. The van der Waals surface area contributed by atoms with Gasteiger partial charge in [-0.05, 0) is 13.0 Å². The average molecular weight is 142 g/mol. The molecular weight excluding hydrogens is 128 g/mol. The molecule has 1 saturated heterocycles. The standard InChI is InChI=1S/C7H14N2O/c1-2-9-5-3-4-8-7(10)6-9/h2-6H2,1H3,(H,8,10). The van der Waals surface area contributed by atoms with Crippen molar-refractivity contribution in [2.24, 2.45) is 0 Å². The number of rotatable bonds is 1. The third-order valence-corrected chi connectivity index (χ3v) is 1.79. The summed E-state index contributed by atoms with van der Waals surface area (Å²) in [5.74, 6) is 0.166. The lowest BCUT2D eigenvalue weighted by molar-refractivity contribution is -0.121. The molecule has 1 rings (SSSR count). The molecule has 3 heteroatoms. The zero-order chi connectivity index (χ0) is 7.40. The van der Waals surface area contributed by atoms with Gasteiger partial charge in [-0.25, -0.2) is 0 Å². The third kappa shape index (κ3) is 1.99. The zero-order valence-electron chi connectivity index (χ0n) is 6.39. The van der Waals surface area contributed by atoms with Gasteiger partial charge in [-0.15, -0.1) is 0 Å². The van der Waals surface area contributed by atoms with E-state index in [1.54, 1.807) is 0 Å². The number of hydrogen-bond donors (Lipinski definition) is 1. The molecule has 0 radical (unpaired) electrons. The molecule has 0 aliphatic carbocycles. The molecule has 1 aliphatic heterocycles. The Labute approximate surface area is 61.4 Å². The molecule has 0 unspecified atom stereocenters. The molecule has 0 aromatic carbocycles. The number of likely N-dealkylation sites (N-methyl/N-ethyl adjacent to an activating group) is 1. The predicted molar refractivity (Wildman–Crippen MR) is 39.7 cm³/mol. The molecule has 58 valence electrons. The fourth-order valence-corrected chi connectivity index (χ4v) is 1.14. The van der Waals surface area contributed by atoms with E-state index in [4.69, 9.17) is 0 Å². The van der Waals surface area contributed by atoms with Crippen LogP contribution in [0.3, 0.4) is 0 Å². The van der Waals surface area contributed by atoms with Crippen molar-refractivity contribution in [3.63, 3.8) is 0 Å². The number of hydrogen-bond acceptors (Lipinski definition) is 2. The second kappa shape index (κ2) is 3.56. The molecule has 1 heterocycles. The summed E-state index contributed by atoms with van der Waals surface area (Å²) < 4.78 is 0. The van der Waals surface area contributed by atoms with Gasteiger partial charge in [-0.2, -0.15) is 0 Å². The van der Waals surface area contributed by atoms with Crippen LogP contribution in [0.4, 0.5) is 0 Å². The lowest BCUT2D eigenvalue weighted by atomic mass is 10.4. The SMILES string of the molecule is CCN1CCCNC(=O)C1. The van der Waals surface area contributed by atoms with Crippen LogP contribution in [0.5, 0.6) is 0 Å². The largest absolute Gasteiger partial charge is 0.355 e. The van der Waals surface area contributed by atoms with E-state index >= 15 is 0 Å². The first-order chi connectivity index (χ1) is 4.83. The van der Waals surface area contributed by atoms with Crippen LogP contribution in [-0.4, -0.2) is 37.0 Å². The normalized spacial score (nSPS) is 21.9. The van der Waals surface area contributed by atoms with Gasteiger partial charge < -0.3 is 5.32 Å². The van der Waals surface area contributed by atoms with Crippen molar-refractivity contribution in [3.05, 3.63) is 0 Å². The number of nitrogens with one attached hydrogen (secondary N) is 1. The highest BCUT2D eigenvalue weighted by Crippen LogP contribution is 1.93. The van der Waals surface area contributed by atoms with Crippen LogP contribution >= 0.6 is 0 Å². The summed E-state index contributed by atoms with van der Waals surface area (Å²) in [4.78, 5) is 13.1. The van der Waals surface area contributed by atoms with E-state index in [0.717, 1.165) is 26.1 Å². The summed E-state index contributed by atoms with van der Waals surface area (Å²) in [5.41, 5.74) is 0. The smallest absolute Gasteiger partial charge is 0.234 e. The first-order valence-electron chi connectivity index (χ1n) is 3.82. The molecule has 1 fully saturated rings. The summed E-state index contributed by atoms with van der Waals surface area (Å²) in [6, 6.07) is 0. The number of carbonyl (C=O) groups excluding carboxylic acids is 1. The number of nitrogens with zero attached hydrogens (tertiary/aromatic N) is 1. The van der Waals surface area contributed by atoms with Crippen LogP contribution < -0.4 is 5.32 Å². The molecule has 0 aromatic rings. The molecule has 0 bridgehead atoms. The van der Waals surface area contributed by atoms with E-state index in [-0.39, 0.29) is 5.91 Å². The van der Waals surface area contributed by atoms with Crippen LogP contribution in [-0.2, 0) is 4.79 Å². The summed E-state index contributed by atoms with van der Waals surface area (Å²) >= 11 is 0. The van der Waals surface area contributed by atoms with E-state index in [2.05, 4.69) is 17.1 Å². The minimum absolute atomic E-state index is 0.166. The van der Waals surface area contributed by atoms with Gasteiger partial charge in [-0.3, -0.25) is 9.69 Å². The Morgan fingerprint density at radius 1 is 1.70 bits per heavy atom. The van der Waals surface area contributed by atoms with Crippen molar-refractivity contribution in [2.75, 3.05) is 26.2 Å². The van der Waals surface area contributed by atoms with Gasteiger partial charge in [0.05, 0.1) is 6.54 Å². The minimum atomic E-state index is 0.166. The maximum absolute atomic E-state index is 10.9. The van der Waals surface area contributed by atoms with Crippen LogP contribution in [0, 0.1) is 0 Å². The molecule has 0 aromatic heterocycles. The Hall–Kier alpha value is -0.570. The zero-order valence-corrected chi connectivity index (χ0v) is 6.39. The van der Waals surface area contributed by atoms with Crippen LogP contribution in [0.15, 0.2) is 0 Å². The monoisotopic (exact) mass is 142 g/mol. The van der Waals surface area contributed by atoms with E-state index in [0.29, 0.717) is 6.54 Å². The van der Waals surface area contributed by atoms with Crippen molar-refractivity contribution in [2.45, 2.75) is 13.3 Å². The Balaban J connectivity index is 2.38. The lowest BCUT2D eigenvalue weighted by Crippen LogP contribution is -2.32. The molecule has 1 amide bonds. The highest BCUT2D eigenvalue weighted by molar-refractivity contribution is 5.78. The quantitative estimate of drug-likeness (QED) is 0.551. The third-order valence-electron chi connectivity index (χ3n) is 1.79. The second-order valence-corrected chi connectivity index (χ2v) is 2.57. The highest BCUT2D eigenvalue weighted by Gasteiger charge is 2.11. The van der Waals surface area contributed by atoms with Gasteiger partial charge in [0.25, 0.3) is 0 Å². The van der Waals surface area contributed by atoms with Crippen LogP contribution in [0.25, 0.3) is 0 Å². The van der Waals surface area contributed by atoms with Gasteiger partial charge in [0, 0.05) is 13.1 Å². The summed E-state index contributed by atoms with van der Waals surface area (Å²) in [6.45, 7) is 5.53. The molecule has 0 spiro atoms. The van der Waals surface area contributed by atoms with Crippen molar-refractivity contribution in [3.8, 4) is 0 Å². The Morgan fingerprint density at radius 2 is 2.50 bits per heavy atom. The van der Waals surface area contributed by atoms with Gasteiger partial charge >= 0.3 is 0 Å². The van der Waals surface area contributed by atoms with Crippen LogP contribution in [0.1, 0.15) is 13.3 Å². The van der Waals surface area contributed by atoms with Gasteiger partial charge in [0.2, 0.25) is 5.91 Å². The van der Waals surface area contributed by atoms with Crippen LogP contribution in [0.2, 0.25) is 0 Å². The van der Waals surface area contributed by atoms with E-state index in [1.165, 1.54) is 0 Å². The average Bonchev–Trinajstić information content (AvgIpc) is 2.13. The second-order valence-electron chi connectivity index (χ2n) is 2.57. The maximum atomic E-state index is 10.9. The first kappa shape index (κ1) is 7.54. The van der Waals surface area contributed by atoms with E-state index in [9.17, 15) is 4.79 Å². The maximum Gasteiger partial charge on any atom is 0.234 e.